The SMILES string of the molecule is CC(=O)c1c(C2C[C@H]3CC[C@@H](C2)N3C(=O)C(C)O)nc2c(-c3ccc(-c4ccc(F)cc4F)nc3)cnn2c1N. The summed E-state index contributed by atoms with van der Waals surface area (Å²) in [6.07, 6.45) is 4.98. The van der Waals surface area contributed by atoms with Crippen molar-refractivity contribution in [3.63, 3.8) is 0 Å². The van der Waals surface area contributed by atoms with Gasteiger partial charge in [-0.3, -0.25) is 14.6 Å². The summed E-state index contributed by atoms with van der Waals surface area (Å²) in [7, 11) is 0. The van der Waals surface area contributed by atoms with Crippen LogP contribution in [0.15, 0.2) is 42.7 Å². The molecule has 3 aromatic heterocycles. The van der Waals surface area contributed by atoms with Gasteiger partial charge in [0.05, 0.1) is 23.1 Å². The number of piperidine rings is 1. The Morgan fingerprint density at radius 2 is 1.80 bits per heavy atom. The van der Waals surface area contributed by atoms with Gasteiger partial charge < -0.3 is 15.7 Å². The number of anilines is 1. The molecular weight excluding hydrogens is 518 g/mol. The Morgan fingerprint density at radius 1 is 1.07 bits per heavy atom. The first-order valence-corrected chi connectivity index (χ1v) is 13.2. The maximum atomic E-state index is 14.3. The molecule has 2 aliphatic heterocycles. The number of hydrogen-bond acceptors (Lipinski definition) is 7. The molecule has 11 heteroatoms. The van der Waals surface area contributed by atoms with Crippen molar-refractivity contribution < 1.29 is 23.5 Å². The summed E-state index contributed by atoms with van der Waals surface area (Å²) in [4.78, 5) is 36.6. The smallest absolute Gasteiger partial charge is 0.251 e. The summed E-state index contributed by atoms with van der Waals surface area (Å²) in [5.41, 5.74) is 9.67. The fourth-order valence-electron chi connectivity index (χ4n) is 6.28. The van der Waals surface area contributed by atoms with Crippen molar-refractivity contribution >= 4 is 23.2 Å². The summed E-state index contributed by atoms with van der Waals surface area (Å²) in [5, 5.41) is 14.3. The third kappa shape index (κ3) is 4.21. The molecule has 0 aliphatic carbocycles. The van der Waals surface area contributed by atoms with Crippen LogP contribution < -0.4 is 5.73 Å². The molecule has 0 spiro atoms. The van der Waals surface area contributed by atoms with Gasteiger partial charge in [-0.2, -0.15) is 9.61 Å². The molecule has 2 saturated heterocycles. The number of amides is 1. The standard InChI is InChI=1S/C29H28F2N6O3/c1-14(38)25-26(17-9-19-5-6-20(10-17)36(19)29(40)15(2)39)35-28-22(13-34-37(28)27(25)32)16-3-8-24(33-12-16)21-7-4-18(30)11-23(21)31/h3-4,7-8,11-13,15,17,19-20,39H,5-6,9-10,32H2,1-2H3/t15?,17?,19-,20+. The van der Waals surface area contributed by atoms with E-state index in [1.807, 2.05) is 0 Å². The van der Waals surface area contributed by atoms with Crippen LogP contribution in [0, 0.1) is 11.6 Å². The highest BCUT2D eigenvalue weighted by molar-refractivity contribution is 6.00. The van der Waals surface area contributed by atoms with Crippen LogP contribution in [0.2, 0.25) is 0 Å². The number of halogens is 2. The molecule has 2 fully saturated rings. The highest BCUT2D eigenvalue weighted by atomic mass is 19.1. The number of aromatic nitrogens is 4. The van der Waals surface area contributed by atoms with Crippen molar-refractivity contribution in [1.29, 1.82) is 0 Å². The van der Waals surface area contributed by atoms with Crippen LogP contribution in [-0.2, 0) is 4.79 Å². The van der Waals surface area contributed by atoms with E-state index in [0.717, 1.165) is 18.9 Å². The number of Topliss-reactive ketones (excluding diaryl/α,β-unsaturated/α-hetero) is 1. The first kappa shape index (κ1) is 26.0. The number of nitrogens with two attached hydrogens (primary N) is 1. The predicted molar refractivity (Wildman–Crippen MR) is 143 cm³/mol. The molecule has 1 amide bonds. The van der Waals surface area contributed by atoms with E-state index in [1.54, 1.807) is 29.4 Å². The summed E-state index contributed by atoms with van der Waals surface area (Å²) in [6.45, 7) is 2.93. The topological polar surface area (TPSA) is 127 Å². The molecule has 9 nitrogen and oxygen atoms in total. The van der Waals surface area contributed by atoms with Crippen molar-refractivity contribution in [1.82, 2.24) is 24.5 Å². The second-order valence-electron chi connectivity index (χ2n) is 10.6. The summed E-state index contributed by atoms with van der Waals surface area (Å²) < 4.78 is 29.0. The molecule has 40 heavy (non-hydrogen) atoms. The van der Waals surface area contributed by atoms with Crippen molar-refractivity contribution in [2.75, 3.05) is 5.73 Å². The van der Waals surface area contributed by atoms with E-state index < -0.39 is 17.7 Å². The summed E-state index contributed by atoms with van der Waals surface area (Å²) in [6, 6.07) is 6.63. The predicted octanol–water partition coefficient (Wildman–Crippen LogP) is 4.14. The quantitative estimate of drug-likeness (QED) is 0.360. The molecule has 0 radical (unpaired) electrons. The van der Waals surface area contributed by atoms with Gasteiger partial charge in [-0.15, -0.1) is 0 Å². The Kier molecular flexibility index (Phi) is 6.33. The number of hydrogen-bond donors (Lipinski definition) is 2. The molecule has 2 aliphatic rings. The fraction of sp³-hybridized carbons (Fsp3) is 0.345. The highest BCUT2D eigenvalue weighted by Crippen LogP contribution is 2.45. The first-order chi connectivity index (χ1) is 19.1. The highest BCUT2D eigenvalue weighted by Gasteiger charge is 2.45. The lowest BCUT2D eigenvalue weighted by Crippen LogP contribution is -2.49. The number of benzene rings is 1. The van der Waals surface area contributed by atoms with Crippen LogP contribution in [0.5, 0.6) is 0 Å². The number of fused-ring (bicyclic) bond motifs is 3. The number of nitrogens with zero attached hydrogens (tertiary/aromatic N) is 5. The number of carbonyl (C=O) groups excluding carboxylic acids is 2. The minimum Gasteiger partial charge on any atom is -0.384 e. The van der Waals surface area contributed by atoms with Gasteiger partial charge >= 0.3 is 0 Å². The molecule has 4 aromatic rings. The van der Waals surface area contributed by atoms with Gasteiger partial charge in [0.1, 0.15) is 23.6 Å². The van der Waals surface area contributed by atoms with Gasteiger partial charge in [0, 0.05) is 47.0 Å². The third-order valence-corrected chi connectivity index (χ3v) is 8.08. The monoisotopic (exact) mass is 546 g/mol. The number of aliphatic hydroxyl groups excluding tert-OH is 1. The van der Waals surface area contributed by atoms with Gasteiger partial charge in [0.25, 0.3) is 5.91 Å². The zero-order valence-electron chi connectivity index (χ0n) is 22.0. The van der Waals surface area contributed by atoms with Crippen molar-refractivity contribution in [2.24, 2.45) is 0 Å². The largest absolute Gasteiger partial charge is 0.384 e. The van der Waals surface area contributed by atoms with Crippen LogP contribution in [-0.4, -0.2) is 59.5 Å². The molecule has 2 bridgehead atoms. The van der Waals surface area contributed by atoms with E-state index in [2.05, 4.69) is 10.1 Å². The number of pyridine rings is 1. The molecule has 4 atom stereocenters. The molecule has 3 N–H and O–H groups in total. The van der Waals surface area contributed by atoms with Crippen LogP contribution in [0.3, 0.4) is 0 Å². The lowest BCUT2D eigenvalue weighted by Gasteiger charge is -2.39. The zero-order valence-corrected chi connectivity index (χ0v) is 22.0. The van der Waals surface area contributed by atoms with E-state index in [0.29, 0.717) is 46.6 Å². The van der Waals surface area contributed by atoms with Gasteiger partial charge in [-0.25, -0.2) is 13.8 Å². The Hall–Kier alpha value is -4.25. The van der Waals surface area contributed by atoms with Gasteiger partial charge in [-0.05, 0) is 57.7 Å². The molecule has 5 heterocycles. The Labute approximate surface area is 228 Å². The van der Waals surface area contributed by atoms with Crippen molar-refractivity contribution in [2.45, 2.75) is 63.6 Å². The molecule has 0 saturated carbocycles. The fourth-order valence-corrected chi connectivity index (χ4v) is 6.28. The van der Waals surface area contributed by atoms with E-state index in [9.17, 15) is 23.5 Å². The lowest BCUT2D eigenvalue weighted by molar-refractivity contribution is -0.144. The second-order valence-corrected chi connectivity index (χ2v) is 10.6. The normalized spacial score (nSPS) is 21.1. The van der Waals surface area contributed by atoms with Crippen LogP contribution in [0.4, 0.5) is 14.6 Å². The van der Waals surface area contributed by atoms with Gasteiger partial charge in [0.15, 0.2) is 11.4 Å². The van der Waals surface area contributed by atoms with E-state index in [1.165, 1.54) is 30.5 Å². The number of nitrogen functional groups attached to an aromatic ring is 1. The second kappa shape index (κ2) is 9.74. The summed E-state index contributed by atoms with van der Waals surface area (Å²) in [5.74, 6) is -1.78. The minimum absolute atomic E-state index is 0.0436. The van der Waals surface area contributed by atoms with Gasteiger partial charge in [-0.1, -0.05) is 6.07 Å². The maximum absolute atomic E-state index is 14.3. The Balaban J connectivity index is 1.39. The number of aliphatic hydroxyl groups is 1. The van der Waals surface area contributed by atoms with Crippen LogP contribution in [0.1, 0.15) is 61.5 Å². The molecule has 6 rings (SSSR count). The third-order valence-electron chi connectivity index (χ3n) is 8.08. The molecule has 206 valence electrons. The number of carbonyl (C=O) groups is 2. The van der Waals surface area contributed by atoms with Crippen molar-refractivity contribution in [3.05, 3.63) is 65.6 Å². The van der Waals surface area contributed by atoms with Gasteiger partial charge in [0.2, 0.25) is 0 Å². The molecule has 2 unspecified atom stereocenters. The molecular formula is C29H28F2N6O3. The van der Waals surface area contributed by atoms with E-state index in [-0.39, 0.29) is 41.1 Å². The maximum Gasteiger partial charge on any atom is 0.251 e. The zero-order chi connectivity index (χ0) is 28.3. The van der Waals surface area contributed by atoms with E-state index in [4.69, 9.17) is 10.7 Å². The van der Waals surface area contributed by atoms with Crippen LogP contribution >= 0.6 is 0 Å². The van der Waals surface area contributed by atoms with E-state index >= 15 is 0 Å². The average molecular weight is 547 g/mol. The van der Waals surface area contributed by atoms with Crippen LogP contribution in [0.25, 0.3) is 28.0 Å². The Bertz CT molecular complexity index is 1640. The minimum atomic E-state index is -1.06. The lowest BCUT2D eigenvalue weighted by atomic mass is 9.85. The summed E-state index contributed by atoms with van der Waals surface area (Å²) >= 11 is 0. The Morgan fingerprint density at radius 3 is 2.40 bits per heavy atom. The first-order valence-electron chi connectivity index (χ1n) is 13.2. The van der Waals surface area contributed by atoms with Crippen molar-refractivity contribution in [3.8, 4) is 22.4 Å². The number of rotatable bonds is 5. The molecule has 1 aromatic carbocycles. The average Bonchev–Trinajstić information content (AvgIpc) is 3.46. The number of ketones is 1.